The van der Waals surface area contributed by atoms with E-state index in [2.05, 4.69) is 30.9 Å². The van der Waals surface area contributed by atoms with E-state index in [1.807, 2.05) is 20.0 Å². The smallest absolute Gasteiger partial charge is 0.157 e. The Morgan fingerprint density at radius 3 is 2.58 bits per heavy atom. The third kappa shape index (κ3) is 1.64. The molecule has 3 nitrogen and oxygen atoms in total. The zero-order valence-corrected chi connectivity index (χ0v) is 8.59. The lowest BCUT2D eigenvalue weighted by molar-refractivity contribution is 1.26. The summed E-state index contributed by atoms with van der Waals surface area (Å²) in [6.45, 7) is 4.00. The Morgan fingerprint density at radius 2 is 1.92 bits per heavy atom. The molecule has 2 aromatic rings. The molecule has 64 valence electrons. The largest absolute Gasteiger partial charge is 0.344 e. The molecule has 0 aliphatic rings. The lowest BCUT2D eigenvalue weighted by atomic mass is 10.5. The second-order valence-electron chi connectivity index (χ2n) is 1.89. The topological polar surface area (TPSA) is 41.6 Å². The van der Waals surface area contributed by atoms with Gasteiger partial charge in [0.25, 0.3) is 0 Å². The summed E-state index contributed by atoms with van der Waals surface area (Å²) in [6.07, 6.45) is 5.15. The van der Waals surface area contributed by atoms with Crippen molar-refractivity contribution in [3.8, 4) is 0 Å². The van der Waals surface area contributed by atoms with Crippen molar-refractivity contribution in [1.82, 2.24) is 15.0 Å². The van der Waals surface area contributed by atoms with Gasteiger partial charge >= 0.3 is 0 Å². The van der Waals surface area contributed by atoms with Crippen LogP contribution in [0.25, 0.3) is 11.2 Å². The highest BCUT2D eigenvalue weighted by Crippen LogP contribution is 2.17. The Kier molecular flexibility index (Phi) is 3.22. The molecule has 0 bridgehead atoms. The van der Waals surface area contributed by atoms with Crippen LogP contribution in [0.15, 0.2) is 23.1 Å². The summed E-state index contributed by atoms with van der Waals surface area (Å²) in [4.78, 5) is 11.1. The van der Waals surface area contributed by atoms with Gasteiger partial charge in [-0.2, -0.15) is 0 Å². The number of hydrogen-bond acceptors (Lipinski definition) is 2. The monoisotopic (exact) mass is 227 g/mol. The van der Waals surface area contributed by atoms with Gasteiger partial charge in [-0.25, -0.2) is 4.98 Å². The molecule has 0 fully saturated rings. The van der Waals surface area contributed by atoms with Crippen LogP contribution in [-0.4, -0.2) is 15.0 Å². The van der Waals surface area contributed by atoms with E-state index in [4.69, 9.17) is 0 Å². The first-order chi connectivity index (χ1) is 5.88. The number of aromatic amines is 1. The molecule has 2 rings (SSSR count). The Hall–Kier alpha value is -0.900. The van der Waals surface area contributed by atoms with Crippen molar-refractivity contribution in [1.29, 1.82) is 0 Å². The van der Waals surface area contributed by atoms with Gasteiger partial charge < -0.3 is 4.98 Å². The number of nitrogens with zero attached hydrogens (tertiary/aromatic N) is 2. The molecule has 12 heavy (non-hydrogen) atoms. The van der Waals surface area contributed by atoms with Gasteiger partial charge in [0.05, 0.1) is 4.47 Å². The Morgan fingerprint density at radius 1 is 1.25 bits per heavy atom. The van der Waals surface area contributed by atoms with Gasteiger partial charge in [0, 0.05) is 18.6 Å². The van der Waals surface area contributed by atoms with Crippen molar-refractivity contribution in [2.24, 2.45) is 0 Å². The first-order valence-corrected chi connectivity index (χ1v) is 4.61. The number of hydrogen-bond donors (Lipinski definition) is 1. The van der Waals surface area contributed by atoms with Gasteiger partial charge in [0.2, 0.25) is 0 Å². The molecule has 0 atom stereocenters. The van der Waals surface area contributed by atoms with Crippen LogP contribution >= 0.6 is 15.9 Å². The molecule has 0 saturated carbocycles. The maximum atomic E-state index is 4.10. The minimum absolute atomic E-state index is 0.814. The molecule has 2 aromatic heterocycles. The van der Waals surface area contributed by atoms with E-state index in [1.54, 1.807) is 12.4 Å². The van der Waals surface area contributed by atoms with Gasteiger partial charge in [0.15, 0.2) is 5.65 Å². The molecule has 0 aliphatic heterocycles. The number of fused-ring (bicyclic) bond motifs is 1. The maximum absolute atomic E-state index is 4.10. The van der Waals surface area contributed by atoms with Crippen molar-refractivity contribution in [2.45, 2.75) is 13.8 Å². The van der Waals surface area contributed by atoms with Crippen molar-refractivity contribution in [2.75, 3.05) is 0 Å². The van der Waals surface area contributed by atoms with Crippen LogP contribution in [0.4, 0.5) is 0 Å². The van der Waals surface area contributed by atoms with E-state index in [0.717, 1.165) is 15.6 Å². The van der Waals surface area contributed by atoms with Crippen LogP contribution in [0, 0.1) is 0 Å². The Labute approximate surface area is 79.4 Å². The standard InChI is InChI=1S/C6H4BrN3.C2H6/c7-4-3-10-6-5(4)8-1-2-9-6;1-2/h1-3H,(H,9,10);1-2H3. The van der Waals surface area contributed by atoms with Crippen LogP contribution in [0.2, 0.25) is 0 Å². The fraction of sp³-hybridized carbons (Fsp3) is 0.250. The second kappa shape index (κ2) is 4.21. The molecule has 0 amide bonds. The zero-order chi connectivity index (χ0) is 8.97. The summed E-state index contributed by atoms with van der Waals surface area (Å²) in [5.74, 6) is 0. The van der Waals surface area contributed by atoms with Crippen LogP contribution in [-0.2, 0) is 0 Å². The minimum Gasteiger partial charge on any atom is -0.344 e. The van der Waals surface area contributed by atoms with Crippen LogP contribution in [0.3, 0.4) is 0 Å². The number of H-pyrrole nitrogens is 1. The zero-order valence-electron chi connectivity index (χ0n) is 7.00. The van der Waals surface area contributed by atoms with Gasteiger partial charge in [-0.3, -0.25) is 4.98 Å². The summed E-state index contributed by atoms with van der Waals surface area (Å²) in [5.41, 5.74) is 1.69. The highest BCUT2D eigenvalue weighted by molar-refractivity contribution is 9.10. The highest BCUT2D eigenvalue weighted by atomic mass is 79.9. The molecular formula is C8H10BrN3. The summed E-state index contributed by atoms with van der Waals surface area (Å²) < 4.78 is 0.954. The highest BCUT2D eigenvalue weighted by Gasteiger charge is 1.99. The molecule has 1 N–H and O–H groups in total. The maximum Gasteiger partial charge on any atom is 0.157 e. The quantitative estimate of drug-likeness (QED) is 0.753. The SMILES string of the molecule is Brc1c[nH]c2nccnc12.CC. The number of rotatable bonds is 0. The molecule has 0 spiro atoms. The predicted molar refractivity (Wildman–Crippen MR) is 52.9 cm³/mol. The first-order valence-electron chi connectivity index (χ1n) is 3.81. The fourth-order valence-corrected chi connectivity index (χ4v) is 1.22. The van der Waals surface area contributed by atoms with E-state index >= 15 is 0 Å². The van der Waals surface area contributed by atoms with Crippen LogP contribution < -0.4 is 0 Å². The number of nitrogens with one attached hydrogen (secondary N) is 1. The van der Waals surface area contributed by atoms with Gasteiger partial charge in [-0.15, -0.1) is 0 Å². The summed E-state index contributed by atoms with van der Waals surface area (Å²) in [6, 6.07) is 0. The third-order valence-electron chi connectivity index (χ3n) is 1.26. The second-order valence-corrected chi connectivity index (χ2v) is 2.74. The summed E-state index contributed by atoms with van der Waals surface area (Å²) in [7, 11) is 0. The van der Waals surface area contributed by atoms with Gasteiger partial charge in [0.1, 0.15) is 5.52 Å². The molecule has 0 saturated heterocycles. The first kappa shape index (κ1) is 9.19. The molecular weight excluding hydrogens is 218 g/mol. The van der Waals surface area contributed by atoms with Crippen molar-refractivity contribution in [3.05, 3.63) is 23.1 Å². The molecule has 0 aliphatic carbocycles. The van der Waals surface area contributed by atoms with Gasteiger partial charge in [-0.05, 0) is 15.9 Å². The lowest BCUT2D eigenvalue weighted by Gasteiger charge is -1.84. The Balaban J connectivity index is 0.000000336. The average Bonchev–Trinajstić information content (AvgIpc) is 2.53. The normalized spacial score (nSPS) is 9.25. The molecule has 0 radical (unpaired) electrons. The molecule has 0 unspecified atom stereocenters. The lowest BCUT2D eigenvalue weighted by Crippen LogP contribution is -1.76. The number of halogens is 1. The Bertz CT molecular complexity index is 356. The average molecular weight is 228 g/mol. The van der Waals surface area contributed by atoms with E-state index in [-0.39, 0.29) is 0 Å². The van der Waals surface area contributed by atoms with Crippen LogP contribution in [0.5, 0.6) is 0 Å². The van der Waals surface area contributed by atoms with E-state index in [1.165, 1.54) is 0 Å². The minimum atomic E-state index is 0.814. The molecule has 2 heterocycles. The molecule has 4 heteroatoms. The van der Waals surface area contributed by atoms with E-state index < -0.39 is 0 Å². The summed E-state index contributed by atoms with van der Waals surface area (Å²) in [5, 5.41) is 0. The van der Waals surface area contributed by atoms with Crippen molar-refractivity contribution in [3.63, 3.8) is 0 Å². The van der Waals surface area contributed by atoms with Crippen molar-refractivity contribution >= 4 is 27.1 Å². The summed E-state index contributed by atoms with van der Waals surface area (Å²) >= 11 is 3.33. The predicted octanol–water partition coefficient (Wildman–Crippen LogP) is 2.75. The number of aromatic nitrogens is 3. The fourth-order valence-electron chi connectivity index (χ4n) is 0.819. The molecule has 0 aromatic carbocycles. The third-order valence-corrected chi connectivity index (χ3v) is 1.86. The van der Waals surface area contributed by atoms with E-state index in [9.17, 15) is 0 Å². The van der Waals surface area contributed by atoms with Gasteiger partial charge in [-0.1, -0.05) is 13.8 Å². The van der Waals surface area contributed by atoms with Crippen molar-refractivity contribution < 1.29 is 0 Å². The van der Waals surface area contributed by atoms with Crippen LogP contribution in [0.1, 0.15) is 13.8 Å². The van der Waals surface area contributed by atoms with E-state index in [0.29, 0.717) is 0 Å².